The van der Waals surface area contributed by atoms with Crippen LogP contribution in [0.2, 0.25) is 0 Å². The number of carbonyl (C=O) groups excluding carboxylic acids is 1. The van der Waals surface area contributed by atoms with Gasteiger partial charge in [0.25, 0.3) is 0 Å². The molecular formula is C15H19N3O2. The molecule has 2 aromatic heterocycles. The van der Waals surface area contributed by atoms with Gasteiger partial charge in [-0.1, -0.05) is 0 Å². The highest BCUT2D eigenvalue weighted by molar-refractivity contribution is 5.88. The number of ether oxygens (including phenoxy) is 1. The van der Waals surface area contributed by atoms with Gasteiger partial charge in [-0.15, -0.1) is 0 Å². The Balaban J connectivity index is 2.06. The SMILES string of the molecule is CNC(C)c1ccn(Cc2ccc(C(=O)OC)cn2)c1. The number of carbonyl (C=O) groups is 1. The van der Waals surface area contributed by atoms with Gasteiger partial charge in [0, 0.05) is 24.6 Å². The van der Waals surface area contributed by atoms with Gasteiger partial charge in [0.1, 0.15) is 0 Å². The smallest absolute Gasteiger partial charge is 0.339 e. The molecule has 0 aromatic carbocycles. The predicted molar refractivity (Wildman–Crippen MR) is 76.6 cm³/mol. The monoisotopic (exact) mass is 273 g/mol. The summed E-state index contributed by atoms with van der Waals surface area (Å²) in [5.74, 6) is -0.366. The summed E-state index contributed by atoms with van der Waals surface area (Å²) in [5, 5.41) is 3.20. The number of pyridine rings is 1. The van der Waals surface area contributed by atoms with E-state index in [9.17, 15) is 4.79 Å². The van der Waals surface area contributed by atoms with E-state index in [0.29, 0.717) is 18.2 Å². The molecular weight excluding hydrogens is 254 g/mol. The van der Waals surface area contributed by atoms with Gasteiger partial charge in [-0.25, -0.2) is 4.79 Å². The molecule has 0 aliphatic carbocycles. The van der Waals surface area contributed by atoms with E-state index in [1.165, 1.54) is 12.7 Å². The third kappa shape index (κ3) is 3.24. The highest BCUT2D eigenvalue weighted by Crippen LogP contribution is 2.13. The second-order valence-electron chi connectivity index (χ2n) is 4.66. The lowest BCUT2D eigenvalue weighted by Crippen LogP contribution is -2.11. The summed E-state index contributed by atoms with van der Waals surface area (Å²) in [4.78, 5) is 15.6. The van der Waals surface area contributed by atoms with Crippen molar-refractivity contribution in [2.75, 3.05) is 14.2 Å². The van der Waals surface area contributed by atoms with Gasteiger partial charge in [0.2, 0.25) is 0 Å². The molecule has 0 fully saturated rings. The molecule has 2 heterocycles. The molecule has 0 radical (unpaired) electrons. The third-order valence-electron chi connectivity index (χ3n) is 3.30. The first kappa shape index (κ1) is 14.3. The molecule has 5 nitrogen and oxygen atoms in total. The first-order valence-corrected chi connectivity index (χ1v) is 6.50. The van der Waals surface area contributed by atoms with Crippen molar-refractivity contribution >= 4 is 5.97 Å². The second-order valence-corrected chi connectivity index (χ2v) is 4.66. The van der Waals surface area contributed by atoms with Gasteiger partial charge in [-0.3, -0.25) is 4.98 Å². The van der Waals surface area contributed by atoms with Crippen LogP contribution in [0.1, 0.15) is 34.6 Å². The number of hydrogen-bond donors (Lipinski definition) is 1. The second kappa shape index (κ2) is 6.34. The van der Waals surface area contributed by atoms with Crippen LogP contribution < -0.4 is 5.32 Å². The number of hydrogen-bond acceptors (Lipinski definition) is 4. The summed E-state index contributed by atoms with van der Waals surface area (Å²) in [6.45, 7) is 2.79. The van der Waals surface area contributed by atoms with Crippen molar-refractivity contribution in [2.24, 2.45) is 0 Å². The lowest BCUT2D eigenvalue weighted by Gasteiger charge is -2.07. The normalized spacial score (nSPS) is 12.2. The van der Waals surface area contributed by atoms with E-state index in [4.69, 9.17) is 0 Å². The molecule has 106 valence electrons. The maximum absolute atomic E-state index is 11.3. The van der Waals surface area contributed by atoms with Gasteiger partial charge < -0.3 is 14.6 Å². The summed E-state index contributed by atoms with van der Waals surface area (Å²) in [6, 6.07) is 5.98. The number of nitrogens with zero attached hydrogens (tertiary/aromatic N) is 2. The molecule has 0 spiro atoms. The van der Waals surface area contributed by atoms with E-state index in [0.717, 1.165) is 5.69 Å². The number of methoxy groups -OCH3 is 1. The molecule has 20 heavy (non-hydrogen) atoms. The Bertz CT molecular complexity index is 575. The minimum absolute atomic E-state index is 0.325. The first-order valence-electron chi connectivity index (χ1n) is 6.50. The predicted octanol–water partition coefficient (Wildman–Crippen LogP) is 2.00. The molecule has 0 aliphatic rings. The van der Waals surface area contributed by atoms with Crippen molar-refractivity contribution < 1.29 is 9.53 Å². The van der Waals surface area contributed by atoms with Crippen LogP contribution in [-0.2, 0) is 11.3 Å². The van der Waals surface area contributed by atoms with Crippen molar-refractivity contribution in [3.63, 3.8) is 0 Å². The standard InChI is InChI=1S/C15H19N3O2/c1-11(16-2)13-6-7-18(9-13)10-14-5-4-12(8-17-14)15(19)20-3/h4-9,11,16H,10H2,1-3H3. The highest BCUT2D eigenvalue weighted by atomic mass is 16.5. The Kier molecular flexibility index (Phi) is 4.53. The van der Waals surface area contributed by atoms with Crippen LogP contribution in [-0.4, -0.2) is 29.7 Å². The van der Waals surface area contributed by atoms with Crippen LogP contribution in [0.15, 0.2) is 36.8 Å². The third-order valence-corrected chi connectivity index (χ3v) is 3.30. The van der Waals surface area contributed by atoms with Gasteiger partial charge >= 0.3 is 5.97 Å². The van der Waals surface area contributed by atoms with Crippen LogP contribution >= 0.6 is 0 Å². The lowest BCUT2D eigenvalue weighted by molar-refractivity contribution is 0.0600. The van der Waals surface area contributed by atoms with Crippen molar-refractivity contribution in [1.29, 1.82) is 0 Å². The maximum atomic E-state index is 11.3. The van der Waals surface area contributed by atoms with Crippen LogP contribution in [0.5, 0.6) is 0 Å². The zero-order chi connectivity index (χ0) is 14.5. The number of aromatic nitrogens is 2. The summed E-state index contributed by atoms with van der Waals surface area (Å²) in [5.41, 5.74) is 2.60. The van der Waals surface area contributed by atoms with Crippen LogP contribution in [0, 0.1) is 0 Å². The van der Waals surface area contributed by atoms with Gasteiger partial charge in [-0.2, -0.15) is 0 Å². The number of nitrogens with one attached hydrogen (secondary N) is 1. The maximum Gasteiger partial charge on any atom is 0.339 e. The van der Waals surface area contributed by atoms with Crippen molar-refractivity contribution in [3.05, 3.63) is 53.6 Å². The molecule has 0 bridgehead atoms. The van der Waals surface area contributed by atoms with E-state index in [2.05, 4.69) is 38.8 Å². The fourth-order valence-corrected chi connectivity index (χ4v) is 1.92. The van der Waals surface area contributed by atoms with E-state index in [1.807, 2.05) is 19.3 Å². The zero-order valence-corrected chi connectivity index (χ0v) is 12.0. The van der Waals surface area contributed by atoms with E-state index in [1.54, 1.807) is 12.3 Å². The molecule has 0 aliphatic heterocycles. The molecule has 0 saturated carbocycles. The molecule has 2 aromatic rings. The molecule has 5 heteroatoms. The molecule has 1 atom stereocenters. The van der Waals surface area contributed by atoms with Gasteiger partial charge in [-0.05, 0) is 37.7 Å². The minimum atomic E-state index is -0.366. The average Bonchev–Trinajstić information content (AvgIpc) is 2.95. The summed E-state index contributed by atoms with van der Waals surface area (Å²) in [6.07, 6.45) is 5.66. The summed E-state index contributed by atoms with van der Waals surface area (Å²) in [7, 11) is 3.30. The van der Waals surface area contributed by atoms with Crippen LogP contribution in [0.25, 0.3) is 0 Å². The zero-order valence-electron chi connectivity index (χ0n) is 12.0. The lowest BCUT2D eigenvalue weighted by atomic mass is 10.2. The van der Waals surface area contributed by atoms with E-state index >= 15 is 0 Å². The first-order chi connectivity index (χ1) is 9.63. The Morgan fingerprint density at radius 3 is 2.85 bits per heavy atom. The van der Waals surface area contributed by atoms with Crippen LogP contribution in [0.3, 0.4) is 0 Å². The molecule has 0 saturated heterocycles. The summed E-state index contributed by atoms with van der Waals surface area (Å²) < 4.78 is 6.72. The minimum Gasteiger partial charge on any atom is -0.465 e. The highest BCUT2D eigenvalue weighted by Gasteiger charge is 2.07. The van der Waals surface area contributed by atoms with E-state index in [-0.39, 0.29) is 5.97 Å². The molecule has 1 unspecified atom stereocenters. The van der Waals surface area contributed by atoms with Crippen molar-refractivity contribution in [2.45, 2.75) is 19.5 Å². The van der Waals surface area contributed by atoms with E-state index < -0.39 is 0 Å². The Labute approximate surface area is 118 Å². The molecule has 1 N–H and O–H groups in total. The average molecular weight is 273 g/mol. The number of rotatable bonds is 5. The Morgan fingerprint density at radius 1 is 1.45 bits per heavy atom. The Hall–Kier alpha value is -2.14. The quantitative estimate of drug-likeness (QED) is 0.847. The van der Waals surface area contributed by atoms with Crippen molar-refractivity contribution in [3.8, 4) is 0 Å². The fraction of sp³-hybridized carbons (Fsp3) is 0.333. The molecule has 0 amide bonds. The Morgan fingerprint density at radius 2 is 2.25 bits per heavy atom. The topological polar surface area (TPSA) is 56.2 Å². The number of esters is 1. The van der Waals surface area contributed by atoms with Crippen molar-refractivity contribution in [1.82, 2.24) is 14.9 Å². The van der Waals surface area contributed by atoms with Crippen LogP contribution in [0.4, 0.5) is 0 Å². The summed E-state index contributed by atoms with van der Waals surface area (Å²) >= 11 is 0. The fourth-order valence-electron chi connectivity index (χ4n) is 1.92. The molecule has 2 rings (SSSR count). The van der Waals surface area contributed by atoms with Gasteiger partial charge in [0.15, 0.2) is 0 Å². The van der Waals surface area contributed by atoms with Gasteiger partial charge in [0.05, 0.1) is 24.9 Å². The largest absolute Gasteiger partial charge is 0.465 e.